The summed E-state index contributed by atoms with van der Waals surface area (Å²) in [5.41, 5.74) is 1.35. The predicted molar refractivity (Wildman–Crippen MR) is 60.1 cm³/mol. The van der Waals surface area contributed by atoms with E-state index >= 15 is 0 Å². The van der Waals surface area contributed by atoms with Crippen molar-refractivity contribution in [2.75, 3.05) is 0 Å². The first kappa shape index (κ1) is 16.6. The van der Waals surface area contributed by atoms with Crippen molar-refractivity contribution >= 4 is 12.0 Å². The summed E-state index contributed by atoms with van der Waals surface area (Å²) in [7, 11) is 0. The molecule has 0 heterocycles. The van der Waals surface area contributed by atoms with Gasteiger partial charge < -0.3 is 6.53 Å². The third-order valence-corrected chi connectivity index (χ3v) is 1.40. The topological polar surface area (TPSA) is 37.3 Å². The fourth-order valence-corrected chi connectivity index (χ4v) is 0.589. The monoisotopic (exact) mass is 214 g/mol. The Balaban J connectivity index is -0.000000195. The van der Waals surface area contributed by atoms with Crippen molar-refractivity contribution in [1.82, 2.24) is 0 Å². The molecule has 0 spiro atoms. The number of rotatable bonds is 2. The van der Waals surface area contributed by atoms with Crippen molar-refractivity contribution in [3.05, 3.63) is 54.6 Å². The van der Waals surface area contributed by atoms with Gasteiger partial charge in [-0.05, 0) is 12.5 Å². The molecule has 2 nitrogen and oxygen atoms in total. The molecule has 15 heavy (non-hydrogen) atoms. The Labute approximate surface area is 114 Å². The summed E-state index contributed by atoms with van der Waals surface area (Å²) >= 11 is 0. The van der Waals surface area contributed by atoms with Crippen molar-refractivity contribution in [3.63, 3.8) is 0 Å². The zero-order valence-corrected chi connectivity index (χ0v) is 11.2. The van der Waals surface area contributed by atoms with Crippen LogP contribution in [0.5, 0.6) is 0 Å². The van der Waals surface area contributed by atoms with E-state index in [1.807, 2.05) is 36.4 Å². The molecule has 1 aromatic rings. The van der Waals surface area contributed by atoms with Crippen molar-refractivity contribution in [3.8, 4) is 0 Å². The molecule has 1 rings (SSSR count). The average molecular weight is 214 g/mol. The van der Waals surface area contributed by atoms with Crippen LogP contribution in [-0.2, 0) is 4.79 Å². The summed E-state index contributed by atoms with van der Waals surface area (Å²) in [6.07, 6.45) is 1.83. The number of carbonyl (C=O) groups is 1. The van der Waals surface area contributed by atoms with E-state index in [1.54, 1.807) is 0 Å². The van der Waals surface area contributed by atoms with Crippen molar-refractivity contribution in [1.29, 1.82) is 0 Å². The van der Waals surface area contributed by atoms with Gasteiger partial charge in [0.05, 0.1) is 0 Å². The minimum absolute atomic E-state index is 0. The van der Waals surface area contributed by atoms with E-state index in [0.717, 1.165) is 0 Å². The molecule has 0 amide bonds. The van der Waals surface area contributed by atoms with Gasteiger partial charge in [-0.3, -0.25) is 0 Å². The molecule has 0 aromatic heterocycles. The Morgan fingerprint density at radius 1 is 1.40 bits per heavy atom. The molecule has 0 saturated heterocycles. The van der Waals surface area contributed by atoms with Crippen LogP contribution in [-0.4, -0.2) is 11.1 Å². The van der Waals surface area contributed by atoms with E-state index in [-0.39, 0.29) is 36.6 Å². The molecule has 0 radical (unpaired) electrons. The second-order valence-electron chi connectivity index (χ2n) is 2.70. The number of carboxylic acid groups (broad SMARTS) is 1. The average Bonchev–Trinajstić information content (AvgIpc) is 2.20. The van der Waals surface area contributed by atoms with Crippen LogP contribution in [0.1, 0.15) is 13.9 Å². The van der Waals surface area contributed by atoms with Crippen molar-refractivity contribution in [2.45, 2.75) is 6.92 Å². The Hall–Kier alpha value is -0.830. The second kappa shape index (κ2) is 9.71. The quantitative estimate of drug-likeness (QED) is 0.560. The Kier molecular flexibility index (Phi) is 10.7. The van der Waals surface area contributed by atoms with Gasteiger partial charge in [-0.1, -0.05) is 49.6 Å². The van der Waals surface area contributed by atoms with Gasteiger partial charge in [0, 0.05) is 5.57 Å². The summed E-state index contributed by atoms with van der Waals surface area (Å²) in [6.45, 7) is 8.23. The largest absolute Gasteiger partial charge is 1.00 e. The molecule has 0 aliphatic rings. The van der Waals surface area contributed by atoms with E-state index in [1.165, 1.54) is 12.5 Å². The van der Waals surface area contributed by atoms with Crippen molar-refractivity contribution < 1.29 is 40.9 Å². The molecule has 1 N–H and O–H groups in total. The first-order valence-electron chi connectivity index (χ1n) is 4.14. The fraction of sp³-hybridized carbons (Fsp3) is 0.0833. The Morgan fingerprint density at radius 2 is 1.80 bits per heavy atom. The van der Waals surface area contributed by atoms with Gasteiger partial charge in [0.15, 0.2) is 0 Å². The number of carboxylic acids is 1. The fourth-order valence-electron chi connectivity index (χ4n) is 0.589. The standard InChI is InChI=1S/C8H8.C4H6O2.Na.H/c1-2-8-6-4-3-5-7-8;1-3(2)4(5)6;;/h2-7H,1H2;1H2,2H3,(H,5,6);;/q;;+1;-1. The molecule has 1 aromatic carbocycles. The normalized spacial score (nSPS) is 7.53. The maximum absolute atomic E-state index is 9.60. The smallest absolute Gasteiger partial charge is 1.00 e. The van der Waals surface area contributed by atoms with Gasteiger partial charge in [-0.2, -0.15) is 0 Å². The second-order valence-corrected chi connectivity index (χ2v) is 2.70. The van der Waals surface area contributed by atoms with Gasteiger partial charge in [0.2, 0.25) is 0 Å². The Morgan fingerprint density at radius 3 is 2.00 bits per heavy atom. The van der Waals surface area contributed by atoms with Crippen LogP contribution in [0.2, 0.25) is 0 Å². The summed E-state index contributed by atoms with van der Waals surface area (Å²) < 4.78 is 0. The molecule has 0 fully saturated rings. The SMILES string of the molecule is C=C(C)C(=O)O.C=Cc1ccccc1.[H-].[Na+]. The van der Waals surface area contributed by atoms with Gasteiger partial charge in [0.25, 0.3) is 0 Å². The van der Waals surface area contributed by atoms with E-state index < -0.39 is 5.97 Å². The minimum Gasteiger partial charge on any atom is -1.00 e. The van der Waals surface area contributed by atoms with E-state index in [9.17, 15) is 4.79 Å². The minimum atomic E-state index is -0.935. The number of benzene rings is 1. The molecule has 0 atom stereocenters. The van der Waals surface area contributed by atoms with Crippen LogP contribution >= 0.6 is 0 Å². The summed E-state index contributed by atoms with van der Waals surface area (Å²) in [5, 5.41) is 7.89. The molecule has 0 saturated carbocycles. The predicted octanol–water partition coefficient (Wildman–Crippen LogP) is 0.0932. The molecule has 76 valence electrons. The molecule has 0 bridgehead atoms. The molecular weight excluding hydrogens is 199 g/mol. The molecule has 0 unspecified atom stereocenters. The van der Waals surface area contributed by atoms with Crippen molar-refractivity contribution in [2.24, 2.45) is 0 Å². The maximum atomic E-state index is 9.60. The van der Waals surface area contributed by atoms with E-state index in [0.29, 0.717) is 0 Å². The van der Waals surface area contributed by atoms with Crippen LogP contribution in [0.25, 0.3) is 6.08 Å². The zero-order chi connectivity index (χ0) is 11.0. The number of hydrogen-bond donors (Lipinski definition) is 1. The number of hydrogen-bond acceptors (Lipinski definition) is 1. The summed E-state index contributed by atoms with van der Waals surface area (Å²) in [4.78, 5) is 9.60. The molecule has 0 aliphatic heterocycles. The zero-order valence-electron chi connectivity index (χ0n) is 10.2. The number of aliphatic carboxylic acids is 1. The van der Waals surface area contributed by atoms with Crippen LogP contribution in [0, 0.1) is 0 Å². The Bertz CT molecular complexity index is 311. The van der Waals surface area contributed by atoms with E-state index in [4.69, 9.17) is 5.11 Å². The first-order valence-corrected chi connectivity index (χ1v) is 4.14. The summed E-state index contributed by atoms with van der Waals surface area (Å²) in [6, 6.07) is 10.0. The van der Waals surface area contributed by atoms with Gasteiger partial charge in [-0.25, -0.2) is 4.79 Å². The molecule has 0 aliphatic carbocycles. The first-order chi connectivity index (χ1) is 6.57. The third kappa shape index (κ3) is 9.47. The van der Waals surface area contributed by atoms with Crippen LogP contribution in [0.15, 0.2) is 49.1 Å². The van der Waals surface area contributed by atoms with Gasteiger partial charge in [-0.15, -0.1) is 0 Å². The van der Waals surface area contributed by atoms with Gasteiger partial charge in [0.1, 0.15) is 0 Å². The third-order valence-electron chi connectivity index (χ3n) is 1.40. The molecule has 3 heteroatoms. The van der Waals surface area contributed by atoms with Gasteiger partial charge >= 0.3 is 35.5 Å². The van der Waals surface area contributed by atoms with Crippen LogP contribution in [0.3, 0.4) is 0 Å². The maximum Gasteiger partial charge on any atom is 1.00 e. The summed E-state index contributed by atoms with van der Waals surface area (Å²) in [5.74, 6) is -0.935. The van der Waals surface area contributed by atoms with E-state index in [2.05, 4.69) is 13.2 Å². The molecular formula is C12H15NaO2. The van der Waals surface area contributed by atoms with Crippen LogP contribution < -0.4 is 29.6 Å². The van der Waals surface area contributed by atoms with Crippen LogP contribution in [0.4, 0.5) is 0 Å².